The van der Waals surface area contributed by atoms with Crippen LogP contribution in [0.3, 0.4) is 0 Å². The number of phenolic OH excluding ortho intramolecular Hbond substituents is 3. The number of para-hydroxylation sites is 2. The van der Waals surface area contributed by atoms with Crippen LogP contribution in [0, 0.1) is 17.3 Å². The Bertz CT molecular complexity index is 942. The number of benzene rings is 2. The zero-order valence-electron chi connectivity index (χ0n) is 17.3. The molecule has 0 aliphatic heterocycles. The van der Waals surface area contributed by atoms with E-state index in [0.29, 0.717) is 35.0 Å². The van der Waals surface area contributed by atoms with Crippen molar-refractivity contribution in [2.24, 2.45) is 17.3 Å². The number of rotatable bonds is 2. The van der Waals surface area contributed by atoms with E-state index in [1.807, 2.05) is 24.3 Å². The molecule has 3 N–H and O–H groups in total. The van der Waals surface area contributed by atoms with Gasteiger partial charge in [0.05, 0.1) is 5.69 Å². The molecule has 0 bridgehead atoms. The number of anilines is 1. The molecule has 29 heavy (non-hydrogen) atoms. The van der Waals surface area contributed by atoms with Crippen molar-refractivity contribution in [1.82, 2.24) is 0 Å². The highest BCUT2D eigenvalue weighted by Gasteiger charge is 2.56. The zero-order chi connectivity index (χ0) is 20.3. The van der Waals surface area contributed by atoms with Gasteiger partial charge in [0.15, 0.2) is 11.5 Å². The molecule has 0 heterocycles. The van der Waals surface area contributed by atoms with Gasteiger partial charge in [-0.2, -0.15) is 0 Å². The minimum Gasteiger partial charge on any atom is -0.506 e. The van der Waals surface area contributed by atoms with E-state index in [1.165, 1.54) is 12.0 Å². The molecule has 2 fully saturated rings. The summed E-state index contributed by atoms with van der Waals surface area (Å²) in [5, 5.41) is 31.2. The molecule has 4 nitrogen and oxygen atoms in total. The van der Waals surface area contributed by atoms with Crippen LogP contribution in [-0.4, -0.2) is 28.4 Å². The second-order valence-electron chi connectivity index (χ2n) is 9.74. The van der Waals surface area contributed by atoms with Crippen molar-refractivity contribution in [3.8, 4) is 17.2 Å². The fourth-order valence-corrected chi connectivity index (χ4v) is 7.04. The van der Waals surface area contributed by atoms with Crippen LogP contribution in [0.1, 0.15) is 56.1 Å². The second-order valence-corrected chi connectivity index (χ2v) is 9.74. The lowest BCUT2D eigenvalue weighted by molar-refractivity contribution is 0.0497. The molecule has 5 rings (SSSR count). The van der Waals surface area contributed by atoms with E-state index in [-0.39, 0.29) is 11.5 Å². The van der Waals surface area contributed by atoms with E-state index >= 15 is 0 Å². The summed E-state index contributed by atoms with van der Waals surface area (Å²) in [7, 11) is 2.12. The summed E-state index contributed by atoms with van der Waals surface area (Å²) in [6.07, 6.45) is 6.67. The standard InChI is InChI=1S/C25H31NO3/c1-25-13-11-16-17(9-7-15-8-10-21(28)24(29)22(15)16)23(25)19(12-14-25)26(2)18-5-3-4-6-20(18)27/h3-6,8,10,16-17,19,23,27-29H,7,9,11-14H2,1-2H3/t16-,17+,19-,23+,25+/m0/s1. The molecule has 0 spiro atoms. The summed E-state index contributed by atoms with van der Waals surface area (Å²) in [6.45, 7) is 2.45. The van der Waals surface area contributed by atoms with Gasteiger partial charge in [-0.25, -0.2) is 0 Å². The lowest BCUT2D eigenvalue weighted by Gasteiger charge is -2.52. The number of phenols is 3. The van der Waals surface area contributed by atoms with Crippen LogP contribution in [0.4, 0.5) is 5.69 Å². The first-order valence-electron chi connectivity index (χ1n) is 11.0. The van der Waals surface area contributed by atoms with Crippen molar-refractivity contribution in [3.63, 3.8) is 0 Å². The monoisotopic (exact) mass is 393 g/mol. The average Bonchev–Trinajstić information content (AvgIpc) is 3.08. The van der Waals surface area contributed by atoms with Gasteiger partial charge in [0, 0.05) is 18.7 Å². The fourth-order valence-electron chi connectivity index (χ4n) is 7.04. The molecule has 154 valence electrons. The molecule has 3 aliphatic rings. The average molecular weight is 394 g/mol. The molecule has 4 heteroatoms. The molecule has 0 radical (unpaired) electrons. The van der Waals surface area contributed by atoms with Gasteiger partial charge in [0.2, 0.25) is 0 Å². The maximum absolute atomic E-state index is 10.7. The Morgan fingerprint density at radius 1 is 0.931 bits per heavy atom. The predicted octanol–water partition coefficient (Wildman–Crippen LogP) is 5.16. The minimum atomic E-state index is 0.00651. The quantitative estimate of drug-likeness (QED) is 0.616. The molecule has 0 aromatic heterocycles. The molecule has 2 aromatic carbocycles. The van der Waals surface area contributed by atoms with Crippen molar-refractivity contribution in [3.05, 3.63) is 47.5 Å². The highest BCUT2D eigenvalue weighted by atomic mass is 16.3. The molecular weight excluding hydrogens is 362 g/mol. The van der Waals surface area contributed by atoms with Gasteiger partial charge >= 0.3 is 0 Å². The lowest BCUT2D eigenvalue weighted by Crippen LogP contribution is -2.48. The van der Waals surface area contributed by atoms with Crippen LogP contribution in [0.15, 0.2) is 36.4 Å². The number of hydrogen-bond acceptors (Lipinski definition) is 4. The lowest BCUT2D eigenvalue weighted by atomic mass is 9.55. The van der Waals surface area contributed by atoms with Crippen molar-refractivity contribution in [2.75, 3.05) is 11.9 Å². The van der Waals surface area contributed by atoms with Gasteiger partial charge in [-0.15, -0.1) is 0 Å². The Balaban J connectivity index is 1.54. The van der Waals surface area contributed by atoms with E-state index in [4.69, 9.17) is 0 Å². The van der Waals surface area contributed by atoms with Crippen LogP contribution in [0.25, 0.3) is 0 Å². The van der Waals surface area contributed by atoms with Crippen molar-refractivity contribution >= 4 is 5.69 Å². The van der Waals surface area contributed by atoms with Gasteiger partial charge < -0.3 is 20.2 Å². The Kier molecular flexibility index (Phi) is 4.23. The van der Waals surface area contributed by atoms with Gasteiger partial charge in [-0.3, -0.25) is 0 Å². The van der Waals surface area contributed by atoms with Gasteiger partial charge in [-0.1, -0.05) is 25.1 Å². The maximum Gasteiger partial charge on any atom is 0.161 e. The number of nitrogens with zero attached hydrogens (tertiary/aromatic N) is 1. The third-order valence-corrected chi connectivity index (χ3v) is 8.40. The van der Waals surface area contributed by atoms with Crippen LogP contribution >= 0.6 is 0 Å². The molecule has 0 unspecified atom stereocenters. The smallest absolute Gasteiger partial charge is 0.161 e. The van der Waals surface area contributed by atoms with Gasteiger partial charge in [0.1, 0.15) is 5.75 Å². The van der Waals surface area contributed by atoms with E-state index in [0.717, 1.165) is 43.4 Å². The summed E-state index contributed by atoms with van der Waals surface area (Å²) in [5.74, 6) is 1.77. The Morgan fingerprint density at radius 2 is 1.69 bits per heavy atom. The van der Waals surface area contributed by atoms with E-state index in [2.05, 4.69) is 18.9 Å². The first-order valence-corrected chi connectivity index (χ1v) is 11.0. The first kappa shape index (κ1) is 18.7. The highest BCUT2D eigenvalue weighted by molar-refractivity contribution is 5.58. The third kappa shape index (κ3) is 2.72. The summed E-state index contributed by atoms with van der Waals surface area (Å²) in [5.41, 5.74) is 3.41. The van der Waals surface area contributed by atoms with Gasteiger partial charge in [-0.05, 0) is 85.5 Å². The van der Waals surface area contributed by atoms with Crippen molar-refractivity contribution in [1.29, 1.82) is 0 Å². The van der Waals surface area contributed by atoms with Crippen LogP contribution in [0.2, 0.25) is 0 Å². The molecular formula is C25H31NO3. The van der Waals surface area contributed by atoms with E-state index in [1.54, 1.807) is 12.1 Å². The highest BCUT2D eigenvalue weighted by Crippen LogP contribution is 2.63. The molecule has 2 saturated carbocycles. The Labute approximate surface area is 172 Å². The SMILES string of the molecule is CN(c1ccccc1O)[C@H]1CC[C@@]2(C)CC[C@@H]3c4c(ccc(O)c4O)CC[C@H]3[C@H]12. The molecule has 0 amide bonds. The molecule has 2 aromatic rings. The molecule has 5 atom stereocenters. The third-order valence-electron chi connectivity index (χ3n) is 8.40. The minimum absolute atomic E-state index is 0.00651. The topological polar surface area (TPSA) is 63.9 Å². The summed E-state index contributed by atoms with van der Waals surface area (Å²) < 4.78 is 0. The van der Waals surface area contributed by atoms with Crippen molar-refractivity contribution in [2.45, 2.75) is 57.4 Å². The van der Waals surface area contributed by atoms with Crippen molar-refractivity contribution < 1.29 is 15.3 Å². The summed E-state index contributed by atoms with van der Waals surface area (Å²) in [4.78, 5) is 2.30. The second kappa shape index (κ2) is 6.58. The summed E-state index contributed by atoms with van der Waals surface area (Å²) in [6, 6.07) is 11.6. The number of aryl methyl sites for hydroxylation is 1. The van der Waals surface area contributed by atoms with Gasteiger partial charge in [0.25, 0.3) is 0 Å². The number of hydrogen-bond donors (Lipinski definition) is 3. The summed E-state index contributed by atoms with van der Waals surface area (Å²) >= 11 is 0. The first-order chi connectivity index (χ1) is 13.9. The van der Waals surface area contributed by atoms with Crippen LogP contribution < -0.4 is 4.90 Å². The Morgan fingerprint density at radius 3 is 2.48 bits per heavy atom. The molecule has 0 saturated heterocycles. The number of aromatic hydroxyl groups is 3. The van der Waals surface area contributed by atoms with E-state index in [9.17, 15) is 15.3 Å². The van der Waals surface area contributed by atoms with E-state index < -0.39 is 0 Å². The zero-order valence-corrected chi connectivity index (χ0v) is 17.3. The predicted molar refractivity (Wildman–Crippen MR) is 115 cm³/mol. The maximum atomic E-state index is 10.7. The van der Waals surface area contributed by atoms with Crippen LogP contribution in [0.5, 0.6) is 17.2 Å². The van der Waals surface area contributed by atoms with Crippen LogP contribution in [-0.2, 0) is 6.42 Å². The Hall–Kier alpha value is -2.36. The normalized spacial score (nSPS) is 32.9. The largest absolute Gasteiger partial charge is 0.506 e. The molecule has 3 aliphatic carbocycles. The number of fused-ring (bicyclic) bond motifs is 5. The fraction of sp³-hybridized carbons (Fsp3) is 0.520.